The average molecular weight is 387 g/mol. The number of nitrogens with zero attached hydrogens (tertiary/aromatic N) is 3. The summed E-state index contributed by atoms with van der Waals surface area (Å²) in [5.74, 6) is -0.00377. The van der Waals surface area contributed by atoms with Crippen molar-refractivity contribution in [2.75, 3.05) is 16.6 Å². The minimum Gasteiger partial charge on any atom is -0.319 e. The third-order valence-corrected chi connectivity index (χ3v) is 6.64. The van der Waals surface area contributed by atoms with Gasteiger partial charge < -0.3 is 10.2 Å². The van der Waals surface area contributed by atoms with E-state index in [1.54, 1.807) is 18.2 Å². The van der Waals surface area contributed by atoms with Crippen molar-refractivity contribution >= 4 is 27.7 Å². The number of urea groups is 1. The lowest BCUT2D eigenvalue weighted by Gasteiger charge is -2.45. The normalized spacial score (nSPS) is 18.1. The molecule has 2 aromatic rings. The van der Waals surface area contributed by atoms with Gasteiger partial charge in [-0.1, -0.05) is 6.07 Å². The molecule has 1 spiro atoms. The summed E-state index contributed by atoms with van der Waals surface area (Å²) in [7, 11) is -3.85. The van der Waals surface area contributed by atoms with Gasteiger partial charge in [-0.2, -0.15) is 0 Å². The number of carbonyl (C=O) groups excluding carboxylic acids is 1. The summed E-state index contributed by atoms with van der Waals surface area (Å²) in [6.45, 7) is 0.747. The number of carbonyl (C=O) groups is 1. The highest BCUT2D eigenvalue weighted by molar-refractivity contribution is 7.92. The Bertz CT molecular complexity index is 944. The molecule has 0 bridgehead atoms. The van der Waals surface area contributed by atoms with Crippen LogP contribution in [0.2, 0.25) is 0 Å². The number of anilines is 2. The van der Waals surface area contributed by atoms with Gasteiger partial charge in [-0.25, -0.2) is 27.9 Å². The molecule has 0 unspecified atom stereocenters. The van der Waals surface area contributed by atoms with E-state index in [4.69, 9.17) is 0 Å². The van der Waals surface area contributed by atoms with Gasteiger partial charge in [0.25, 0.3) is 10.0 Å². The molecule has 8 nitrogen and oxygen atoms in total. The maximum Gasteiger partial charge on any atom is 0.322 e. The molecule has 142 valence electrons. The van der Waals surface area contributed by atoms with E-state index in [0.29, 0.717) is 5.69 Å². The van der Waals surface area contributed by atoms with Gasteiger partial charge in [-0.3, -0.25) is 0 Å². The minimum atomic E-state index is -3.85. The lowest BCUT2D eigenvalue weighted by molar-refractivity contribution is 0.0881. The van der Waals surface area contributed by atoms with Crippen molar-refractivity contribution in [1.82, 2.24) is 14.9 Å². The second-order valence-corrected chi connectivity index (χ2v) is 8.65. The number of hydrogen-bond acceptors (Lipinski definition) is 5. The molecule has 1 aromatic heterocycles. The second kappa shape index (κ2) is 6.80. The van der Waals surface area contributed by atoms with Gasteiger partial charge in [0.15, 0.2) is 0 Å². The summed E-state index contributed by atoms with van der Waals surface area (Å²) in [6, 6.07) is 7.61. The average Bonchev–Trinajstić information content (AvgIpc) is 3.08. The Hall–Kier alpha value is -2.68. The lowest BCUT2D eigenvalue weighted by Crippen LogP contribution is -2.53. The van der Waals surface area contributed by atoms with Crippen molar-refractivity contribution in [3.05, 3.63) is 42.7 Å². The van der Waals surface area contributed by atoms with Crippen molar-refractivity contribution in [3.8, 4) is 0 Å². The fraction of sp³-hybridized carbons (Fsp3) is 0.389. The van der Waals surface area contributed by atoms with Crippen LogP contribution in [0.25, 0.3) is 0 Å². The number of nitrogens with one attached hydrogen (secondary N) is 2. The molecular formula is C18H21N5O3S. The van der Waals surface area contributed by atoms with Crippen LogP contribution in [0, 0.1) is 0 Å². The molecule has 0 radical (unpaired) electrons. The second-order valence-electron chi connectivity index (χ2n) is 6.97. The van der Waals surface area contributed by atoms with Crippen molar-refractivity contribution in [2.45, 2.75) is 42.5 Å². The van der Waals surface area contributed by atoms with Crippen molar-refractivity contribution in [1.29, 1.82) is 0 Å². The van der Waals surface area contributed by atoms with Crippen LogP contribution in [0.15, 0.2) is 47.6 Å². The quantitative estimate of drug-likeness (QED) is 0.839. The Morgan fingerprint density at radius 2 is 1.81 bits per heavy atom. The topological polar surface area (TPSA) is 104 Å². The van der Waals surface area contributed by atoms with Gasteiger partial charge in [0.05, 0.1) is 4.90 Å². The predicted molar refractivity (Wildman–Crippen MR) is 101 cm³/mol. The van der Waals surface area contributed by atoms with Crippen LogP contribution < -0.4 is 10.0 Å². The Balaban J connectivity index is 1.50. The summed E-state index contributed by atoms with van der Waals surface area (Å²) >= 11 is 0. The van der Waals surface area contributed by atoms with Crippen molar-refractivity contribution in [2.24, 2.45) is 0 Å². The van der Waals surface area contributed by atoms with Gasteiger partial charge in [-0.05, 0) is 56.4 Å². The maximum absolute atomic E-state index is 12.7. The van der Waals surface area contributed by atoms with E-state index in [-0.39, 0.29) is 22.4 Å². The molecule has 2 fully saturated rings. The van der Waals surface area contributed by atoms with Gasteiger partial charge in [0.1, 0.15) is 0 Å². The van der Waals surface area contributed by atoms with Crippen LogP contribution in [0.3, 0.4) is 0 Å². The lowest BCUT2D eigenvalue weighted by atomic mass is 9.75. The first-order chi connectivity index (χ1) is 13.0. The van der Waals surface area contributed by atoms with Gasteiger partial charge in [0.2, 0.25) is 5.95 Å². The Labute approximate surface area is 158 Å². The zero-order valence-electron chi connectivity index (χ0n) is 14.8. The molecule has 27 heavy (non-hydrogen) atoms. The molecule has 2 N–H and O–H groups in total. The molecule has 0 atom stereocenters. The Kier molecular flexibility index (Phi) is 4.47. The largest absolute Gasteiger partial charge is 0.322 e. The van der Waals surface area contributed by atoms with Crippen LogP contribution in [-0.4, -0.2) is 41.4 Å². The summed E-state index contributed by atoms with van der Waals surface area (Å²) < 4.78 is 27.4. The number of aromatic nitrogens is 2. The van der Waals surface area contributed by atoms with Crippen LogP contribution in [0.5, 0.6) is 0 Å². The molecule has 1 aliphatic carbocycles. The van der Waals surface area contributed by atoms with Crippen molar-refractivity contribution in [3.63, 3.8) is 0 Å². The highest BCUT2D eigenvalue weighted by atomic mass is 32.2. The number of likely N-dealkylation sites (tertiary alicyclic amines) is 1. The van der Waals surface area contributed by atoms with Gasteiger partial charge >= 0.3 is 6.03 Å². The maximum atomic E-state index is 12.7. The molecule has 9 heteroatoms. The third-order valence-electron chi connectivity index (χ3n) is 5.31. The summed E-state index contributed by atoms with van der Waals surface area (Å²) in [5.41, 5.74) is 0.457. The summed E-state index contributed by atoms with van der Waals surface area (Å²) in [4.78, 5) is 22.4. The molecule has 2 aliphatic rings. The van der Waals surface area contributed by atoms with Crippen LogP contribution in [0.1, 0.15) is 32.1 Å². The molecule has 2 amide bonds. The SMILES string of the molecule is O=C(Nc1cccc(S(=O)(=O)Nc2ncccn2)c1)N1CCCC12CCC2. The standard InChI is InChI=1S/C18H21N5O3S/c24-17(23-12-3-9-18(23)7-2-8-18)21-14-5-1-6-15(13-14)27(25,26)22-16-19-10-4-11-20-16/h1,4-6,10-11,13H,2-3,7-9,12H2,(H,21,24)(H,19,20,22). The number of hydrogen-bond donors (Lipinski definition) is 2. The Morgan fingerprint density at radius 1 is 1.07 bits per heavy atom. The Morgan fingerprint density at radius 3 is 2.52 bits per heavy atom. The van der Waals surface area contributed by atoms with E-state index in [2.05, 4.69) is 20.0 Å². The molecule has 1 saturated heterocycles. The van der Waals surface area contributed by atoms with Gasteiger partial charge in [-0.15, -0.1) is 0 Å². The molecule has 1 saturated carbocycles. The van der Waals surface area contributed by atoms with E-state index in [1.165, 1.54) is 24.5 Å². The minimum absolute atomic E-state index is 0.00377. The number of rotatable bonds is 4. The fourth-order valence-corrected chi connectivity index (χ4v) is 4.83. The van der Waals surface area contributed by atoms with Gasteiger partial charge in [0, 0.05) is 30.2 Å². The van der Waals surface area contributed by atoms with E-state index >= 15 is 0 Å². The monoisotopic (exact) mass is 387 g/mol. The van der Waals surface area contributed by atoms with E-state index < -0.39 is 10.0 Å². The highest BCUT2D eigenvalue weighted by Gasteiger charge is 2.47. The summed E-state index contributed by atoms with van der Waals surface area (Å²) in [6.07, 6.45) is 8.23. The number of sulfonamides is 1. The van der Waals surface area contributed by atoms with E-state index in [1.807, 2.05) is 4.90 Å². The fourth-order valence-electron chi connectivity index (χ4n) is 3.82. The van der Waals surface area contributed by atoms with Crippen LogP contribution >= 0.6 is 0 Å². The van der Waals surface area contributed by atoms with E-state index in [9.17, 15) is 13.2 Å². The first-order valence-electron chi connectivity index (χ1n) is 8.97. The third kappa shape index (κ3) is 3.46. The molecular weight excluding hydrogens is 366 g/mol. The molecule has 4 rings (SSSR count). The number of benzene rings is 1. The molecule has 2 heterocycles. The summed E-state index contributed by atoms with van der Waals surface area (Å²) in [5, 5.41) is 2.85. The highest BCUT2D eigenvalue weighted by Crippen LogP contribution is 2.45. The van der Waals surface area contributed by atoms with Crippen LogP contribution in [0.4, 0.5) is 16.4 Å². The predicted octanol–water partition coefficient (Wildman–Crippen LogP) is 2.83. The van der Waals surface area contributed by atoms with E-state index in [0.717, 1.165) is 38.6 Å². The van der Waals surface area contributed by atoms with Crippen LogP contribution in [-0.2, 0) is 10.0 Å². The first kappa shape index (κ1) is 17.7. The zero-order chi connectivity index (χ0) is 18.9. The molecule has 1 aliphatic heterocycles. The van der Waals surface area contributed by atoms with Crippen molar-refractivity contribution < 1.29 is 13.2 Å². The smallest absolute Gasteiger partial charge is 0.319 e. The first-order valence-corrected chi connectivity index (χ1v) is 10.5. The number of amides is 2. The zero-order valence-corrected chi connectivity index (χ0v) is 15.6. The molecule has 1 aromatic carbocycles.